The highest BCUT2D eigenvalue weighted by Crippen LogP contribution is 2.21. The Kier molecular flexibility index (Phi) is 5.44. The van der Waals surface area contributed by atoms with Gasteiger partial charge in [0.2, 0.25) is 5.95 Å². The van der Waals surface area contributed by atoms with Crippen LogP contribution in [0.2, 0.25) is 0 Å². The summed E-state index contributed by atoms with van der Waals surface area (Å²) < 4.78 is 3.55. The second-order valence-corrected chi connectivity index (χ2v) is 6.75. The Bertz CT molecular complexity index is 1150. The Labute approximate surface area is 173 Å². The van der Waals surface area contributed by atoms with Crippen LogP contribution in [0.5, 0.6) is 0 Å². The van der Waals surface area contributed by atoms with E-state index in [1.54, 1.807) is 23.3 Å². The summed E-state index contributed by atoms with van der Waals surface area (Å²) in [7, 11) is 0. The minimum absolute atomic E-state index is 0.00446. The third-order valence-electron chi connectivity index (χ3n) is 4.54. The van der Waals surface area contributed by atoms with Crippen molar-refractivity contribution in [1.29, 1.82) is 0 Å². The predicted molar refractivity (Wildman–Crippen MR) is 114 cm³/mol. The molecule has 4 heterocycles. The molecule has 30 heavy (non-hydrogen) atoms. The van der Waals surface area contributed by atoms with Crippen LogP contribution in [-0.4, -0.2) is 52.5 Å². The summed E-state index contributed by atoms with van der Waals surface area (Å²) in [6, 6.07) is 5.63. The first-order chi connectivity index (χ1) is 14.6. The Morgan fingerprint density at radius 1 is 1.17 bits per heavy atom. The van der Waals surface area contributed by atoms with Crippen LogP contribution < -0.4 is 16.4 Å². The van der Waals surface area contributed by atoms with Gasteiger partial charge in [-0.25, -0.2) is 9.97 Å². The zero-order valence-electron chi connectivity index (χ0n) is 16.9. The van der Waals surface area contributed by atoms with Gasteiger partial charge in [0.05, 0.1) is 18.6 Å². The SMILES string of the molecule is CCn1cnc2c(NCc3ccc(-n4nc(C)cc4N)nc3)nc(NCCO)nc21. The average Bonchev–Trinajstić information content (AvgIpc) is 3.32. The number of aromatic nitrogens is 7. The van der Waals surface area contributed by atoms with Crippen LogP contribution in [0.1, 0.15) is 18.2 Å². The normalized spacial score (nSPS) is 11.2. The van der Waals surface area contributed by atoms with E-state index in [0.29, 0.717) is 42.0 Å². The lowest BCUT2D eigenvalue weighted by molar-refractivity contribution is 0.311. The quantitative estimate of drug-likeness (QED) is 0.339. The standard InChI is InChI=1S/C19H24N10O/c1-3-28-11-24-16-17(25-19(21-6-7-30)26-18(16)28)23-10-13-4-5-15(22-9-13)29-14(20)8-12(2)27-29/h4-5,8-9,11,30H,3,6-7,10,20H2,1-2H3,(H2,21,23,25,26). The van der Waals surface area contributed by atoms with Crippen LogP contribution in [0, 0.1) is 6.92 Å². The van der Waals surface area contributed by atoms with Gasteiger partial charge < -0.3 is 26.0 Å². The van der Waals surface area contributed by atoms with Crippen molar-refractivity contribution < 1.29 is 5.11 Å². The minimum atomic E-state index is -0.00446. The van der Waals surface area contributed by atoms with Gasteiger partial charge in [0.25, 0.3) is 0 Å². The molecule has 0 bridgehead atoms. The molecule has 0 aliphatic carbocycles. The molecule has 0 radical (unpaired) electrons. The summed E-state index contributed by atoms with van der Waals surface area (Å²) in [4.78, 5) is 17.9. The van der Waals surface area contributed by atoms with E-state index in [1.165, 1.54) is 0 Å². The number of pyridine rings is 1. The lowest BCUT2D eigenvalue weighted by Crippen LogP contribution is -2.11. The van der Waals surface area contributed by atoms with Crippen LogP contribution in [-0.2, 0) is 13.1 Å². The molecule has 11 heteroatoms. The maximum atomic E-state index is 9.07. The summed E-state index contributed by atoms with van der Waals surface area (Å²) in [5.74, 6) is 2.26. The third kappa shape index (κ3) is 3.87. The lowest BCUT2D eigenvalue weighted by Gasteiger charge is -2.10. The van der Waals surface area contributed by atoms with Crippen LogP contribution in [0.15, 0.2) is 30.7 Å². The largest absolute Gasteiger partial charge is 0.395 e. The van der Waals surface area contributed by atoms with Crippen molar-refractivity contribution in [2.75, 3.05) is 29.5 Å². The van der Waals surface area contributed by atoms with E-state index >= 15 is 0 Å². The highest BCUT2D eigenvalue weighted by molar-refractivity contribution is 5.84. The third-order valence-corrected chi connectivity index (χ3v) is 4.54. The highest BCUT2D eigenvalue weighted by Gasteiger charge is 2.13. The predicted octanol–water partition coefficient (Wildman–Crippen LogP) is 1.33. The van der Waals surface area contributed by atoms with Gasteiger partial charge in [0.1, 0.15) is 5.82 Å². The van der Waals surface area contributed by atoms with Crippen LogP contribution in [0.3, 0.4) is 0 Å². The Balaban J connectivity index is 1.55. The second-order valence-electron chi connectivity index (χ2n) is 6.75. The fourth-order valence-electron chi connectivity index (χ4n) is 3.08. The van der Waals surface area contributed by atoms with Gasteiger partial charge in [-0.05, 0) is 25.5 Å². The second kappa shape index (κ2) is 8.33. The maximum absolute atomic E-state index is 9.07. The summed E-state index contributed by atoms with van der Waals surface area (Å²) in [5.41, 5.74) is 9.19. The fourth-order valence-corrected chi connectivity index (χ4v) is 3.08. The molecule has 4 aromatic heterocycles. The number of hydrogen-bond acceptors (Lipinski definition) is 9. The summed E-state index contributed by atoms with van der Waals surface area (Å²) >= 11 is 0. The van der Waals surface area contributed by atoms with Gasteiger partial charge in [-0.15, -0.1) is 0 Å². The Morgan fingerprint density at radius 3 is 2.70 bits per heavy atom. The molecule has 156 valence electrons. The molecule has 11 nitrogen and oxygen atoms in total. The molecule has 0 fully saturated rings. The van der Waals surface area contributed by atoms with Crippen LogP contribution in [0.25, 0.3) is 17.0 Å². The van der Waals surface area contributed by atoms with E-state index < -0.39 is 0 Å². The lowest BCUT2D eigenvalue weighted by atomic mass is 10.3. The summed E-state index contributed by atoms with van der Waals surface area (Å²) in [5, 5.41) is 19.7. The molecule has 0 saturated heterocycles. The first-order valence-electron chi connectivity index (χ1n) is 9.68. The van der Waals surface area contributed by atoms with Gasteiger partial charge in [-0.2, -0.15) is 19.7 Å². The van der Waals surface area contributed by atoms with Crippen molar-refractivity contribution in [2.24, 2.45) is 0 Å². The van der Waals surface area contributed by atoms with E-state index in [1.807, 2.05) is 30.5 Å². The van der Waals surface area contributed by atoms with Gasteiger partial charge in [-0.3, -0.25) is 0 Å². The highest BCUT2D eigenvalue weighted by atomic mass is 16.3. The van der Waals surface area contributed by atoms with Gasteiger partial charge in [-0.1, -0.05) is 6.07 Å². The molecular weight excluding hydrogens is 384 g/mol. The number of fused-ring (bicyclic) bond motifs is 1. The average molecular weight is 408 g/mol. The number of nitrogens with two attached hydrogens (primary N) is 1. The Morgan fingerprint density at radius 2 is 2.03 bits per heavy atom. The molecule has 0 amide bonds. The first kappa shape index (κ1) is 19.6. The van der Waals surface area contributed by atoms with Crippen molar-refractivity contribution in [3.63, 3.8) is 0 Å². The number of aliphatic hydroxyl groups excluding tert-OH is 1. The number of nitrogens with one attached hydrogen (secondary N) is 2. The zero-order chi connectivity index (χ0) is 21.1. The van der Waals surface area contributed by atoms with Crippen molar-refractivity contribution in [1.82, 2.24) is 34.3 Å². The smallest absolute Gasteiger partial charge is 0.226 e. The minimum Gasteiger partial charge on any atom is -0.395 e. The van der Waals surface area contributed by atoms with E-state index in [-0.39, 0.29) is 6.61 Å². The number of aryl methyl sites for hydroxylation is 2. The van der Waals surface area contributed by atoms with E-state index in [9.17, 15) is 0 Å². The maximum Gasteiger partial charge on any atom is 0.226 e. The van der Waals surface area contributed by atoms with E-state index in [0.717, 1.165) is 23.4 Å². The number of aliphatic hydroxyl groups is 1. The van der Waals surface area contributed by atoms with Gasteiger partial charge in [0.15, 0.2) is 22.8 Å². The fraction of sp³-hybridized carbons (Fsp3) is 0.316. The van der Waals surface area contributed by atoms with Crippen LogP contribution in [0.4, 0.5) is 17.6 Å². The number of anilines is 3. The number of hydrogen-bond donors (Lipinski definition) is 4. The molecule has 0 aliphatic rings. The van der Waals surface area contributed by atoms with E-state index in [4.69, 9.17) is 10.8 Å². The number of rotatable bonds is 8. The van der Waals surface area contributed by atoms with E-state index in [2.05, 4.69) is 35.7 Å². The monoisotopic (exact) mass is 408 g/mol. The molecular formula is C19H24N10O. The molecule has 4 rings (SSSR count). The van der Waals surface area contributed by atoms with Gasteiger partial charge in [0, 0.05) is 31.9 Å². The topological polar surface area (TPSA) is 145 Å². The molecule has 0 saturated carbocycles. The number of nitrogen functional groups attached to an aromatic ring is 1. The molecule has 0 aromatic carbocycles. The Hall–Kier alpha value is -3.73. The number of nitrogens with zero attached hydrogens (tertiary/aromatic N) is 7. The zero-order valence-corrected chi connectivity index (χ0v) is 16.9. The first-order valence-corrected chi connectivity index (χ1v) is 9.68. The van der Waals surface area contributed by atoms with Crippen molar-refractivity contribution >= 4 is 28.7 Å². The summed E-state index contributed by atoms with van der Waals surface area (Å²) in [6.07, 6.45) is 3.51. The number of imidazole rings is 1. The molecule has 4 aromatic rings. The molecule has 0 atom stereocenters. The molecule has 0 aliphatic heterocycles. The van der Waals surface area contributed by atoms with Crippen molar-refractivity contribution in [3.8, 4) is 5.82 Å². The molecule has 5 N–H and O–H groups in total. The summed E-state index contributed by atoms with van der Waals surface area (Å²) in [6.45, 7) is 5.52. The molecule has 0 unspecified atom stereocenters. The van der Waals surface area contributed by atoms with Crippen LogP contribution >= 0.6 is 0 Å². The molecule has 0 spiro atoms. The van der Waals surface area contributed by atoms with Crippen molar-refractivity contribution in [2.45, 2.75) is 26.9 Å². The van der Waals surface area contributed by atoms with Gasteiger partial charge >= 0.3 is 0 Å². The van der Waals surface area contributed by atoms with Crippen molar-refractivity contribution in [3.05, 3.63) is 42.0 Å².